The molecule has 3 aromatic rings. The highest BCUT2D eigenvalue weighted by atomic mass is 28.4. The van der Waals surface area contributed by atoms with Crippen LogP contribution >= 0.6 is 0 Å². The number of aliphatic hydroxyl groups is 1. The van der Waals surface area contributed by atoms with Gasteiger partial charge < -0.3 is 47.5 Å². The van der Waals surface area contributed by atoms with Gasteiger partial charge in [0, 0.05) is 36.7 Å². The van der Waals surface area contributed by atoms with E-state index < -0.39 is 55.1 Å². The van der Waals surface area contributed by atoms with Crippen molar-refractivity contribution in [3.8, 4) is 11.5 Å². The molecule has 8 atom stereocenters. The van der Waals surface area contributed by atoms with Crippen molar-refractivity contribution >= 4 is 20.4 Å². The van der Waals surface area contributed by atoms with Gasteiger partial charge in [0.2, 0.25) is 0 Å². The van der Waals surface area contributed by atoms with Crippen molar-refractivity contribution in [2.45, 2.75) is 135 Å². The molecule has 0 aromatic heterocycles. The molecule has 2 bridgehead atoms. The topological polar surface area (TPSA) is 128 Å². The Morgan fingerprint density at radius 1 is 0.855 bits per heavy atom. The van der Waals surface area contributed by atoms with E-state index in [9.17, 15) is 9.90 Å². The maximum Gasteiger partial charge on any atom is 0.192 e. The summed E-state index contributed by atoms with van der Waals surface area (Å²) in [6, 6.07) is 25.0. The molecule has 342 valence electrons. The molecule has 0 saturated heterocycles. The minimum atomic E-state index is -2.60. The van der Waals surface area contributed by atoms with Crippen molar-refractivity contribution in [2.24, 2.45) is 23.2 Å². The van der Waals surface area contributed by atoms with E-state index in [4.69, 9.17) is 37.6 Å². The third-order valence-electron chi connectivity index (χ3n) is 14.4. The highest BCUT2D eigenvalue weighted by Gasteiger charge is 2.65. The fraction of sp³-hybridized carbons (Fsp3) is 0.600. The molecule has 0 spiro atoms. The summed E-state index contributed by atoms with van der Waals surface area (Å²) in [5, 5.41) is 13.2. The molecule has 5 rings (SSSR count). The lowest BCUT2D eigenvalue weighted by molar-refractivity contribution is -0.230. The van der Waals surface area contributed by atoms with Crippen LogP contribution in [0.2, 0.25) is 18.1 Å². The maximum absolute atomic E-state index is 15.5. The summed E-state index contributed by atoms with van der Waals surface area (Å²) in [7, 11) is 2.18. The zero-order chi connectivity index (χ0) is 45.3. The number of methoxy groups -OCH3 is 3. The summed E-state index contributed by atoms with van der Waals surface area (Å²) in [6.45, 7) is 17.3. The molecule has 0 heterocycles. The molecule has 2 aliphatic carbocycles. The summed E-state index contributed by atoms with van der Waals surface area (Å²) in [4.78, 5) is 28.5. The van der Waals surface area contributed by atoms with Crippen LogP contribution in [0, 0.1) is 23.2 Å². The van der Waals surface area contributed by atoms with Crippen molar-refractivity contribution in [3.05, 3.63) is 95.6 Å². The number of ketones is 1. The summed E-state index contributed by atoms with van der Waals surface area (Å²) in [5.74, 6) is -0.525. The average Bonchev–Trinajstić information content (AvgIpc) is 3.50. The molecule has 3 aromatic carbocycles. The number of carbonyl (C=O) groups excluding carboxylic acids is 2. The number of hydrogen-bond donors (Lipinski definition) is 1. The maximum atomic E-state index is 15.5. The first kappa shape index (κ1) is 49.6. The van der Waals surface area contributed by atoms with E-state index in [0.29, 0.717) is 18.6 Å². The standard InChI is InChI=1S/C50H72O11Si/c1-35-42(29-44(61-62(10,11)47(2,3)4)50(53)27-25-41(48(50,5)6)46(45(35)52)59-34-54-7)49(60-32-36-15-13-12-14-16-36,33-57-30-37-17-21-39(55-8)22-18-37)43(26-28-51)58-31-38-19-23-40(56-9)24-20-38/h12-24,28,35,41-44,46,53H,25-27,29-34H2,1-11H3/t35-,41-,42+,43-,44+,46-,49-,50-/m1/s1. The minimum absolute atomic E-state index is 0.0586. The molecule has 0 radical (unpaired) electrons. The lowest BCUT2D eigenvalue weighted by atomic mass is 9.66. The van der Waals surface area contributed by atoms with Gasteiger partial charge in [-0.15, -0.1) is 0 Å². The Morgan fingerprint density at radius 3 is 1.98 bits per heavy atom. The van der Waals surface area contributed by atoms with Gasteiger partial charge in [0.15, 0.2) is 14.1 Å². The summed E-state index contributed by atoms with van der Waals surface area (Å²) < 4.78 is 51.2. The smallest absolute Gasteiger partial charge is 0.192 e. The number of ether oxygens (including phenoxy) is 7. The number of carbonyl (C=O) groups is 2. The van der Waals surface area contributed by atoms with Gasteiger partial charge in [-0.3, -0.25) is 4.79 Å². The second-order valence-corrected chi connectivity index (χ2v) is 24.1. The van der Waals surface area contributed by atoms with Crippen LogP contribution < -0.4 is 9.47 Å². The van der Waals surface area contributed by atoms with Gasteiger partial charge in [-0.05, 0) is 78.4 Å². The zero-order valence-electron chi connectivity index (χ0n) is 38.9. The van der Waals surface area contributed by atoms with Gasteiger partial charge in [-0.25, -0.2) is 0 Å². The molecule has 0 unspecified atom stereocenters. The van der Waals surface area contributed by atoms with E-state index in [2.05, 4.69) is 33.9 Å². The van der Waals surface area contributed by atoms with Crippen LogP contribution in [0.25, 0.3) is 0 Å². The Morgan fingerprint density at radius 2 is 1.44 bits per heavy atom. The first-order chi connectivity index (χ1) is 29.4. The van der Waals surface area contributed by atoms with Crippen LogP contribution in [0.4, 0.5) is 0 Å². The number of Topliss-reactive ketones (excluding diaryl/α,β-unsaturated/α-hetero) is 1. The Bertz CT molecular complexity index is 1860. The van der Waals surface area contributed by atoms with Crippen LogP contribution in [0.5, 0.6) is 11.5 Å². The molecular weight excluding hydrogens is 805 g/mol. The Balaban J connectivity index is 1.75. The largest absolute Gasteiger partial charge is 0.497 e. The zero-order valence-corrected chi connectivity index (χ0v) is 39.9. The van der Waals surface area contributed by atoms with Crippen molar-refractivity contribution in [3.63, 3.8) is 0 Å². The Kier molecular flexibility index (Phi) is 16.8. The van der Waals surface area contributed by atoms with Crippen LogP contribution in [-0.2, 0) is 57.5 Å². The summed E-state index contributed by atoms with van der Waals surface area (Å²) in [5.41, 5.74) is -0.999. The number of rotatable bonds is 21. The number of benzene rings is 3. The first-order valence-corrected chi connectivity index (χ1v) is 24.9. The molecule has 1 N–H and O–H groups in total. The lowest BCUT2D eigenvalue weighted by Gasteiger charge is -2.52. The van der Waals surface area contributed by atoms with E-state index >= 15 is 4.79 Å². The molecule has 0 aliphatic heterocycles. The fourth-order valence-electron chi connectivity index (χ4n) is 9.35. The molecule has 62 heavy (non-hydrogen) atoms. The molecule has 11 nitrogen and oxygen atoms in total. The predicted molar refractivity (Wildman–Crippen MR) is 241 cm³/mol. The van der Waals surface area contributed by atoms with Crippen LogP contribution in [0.15, 0.2) is 78.9 Å². The predicted octanol–water partition coefficient (Wildman–Crippen LogP) is 9.12. The second-order valence-electron chi connectivity index (χ2n) is 19.3. The average molecular weight is 877 g/mol. The van der Waals surface area contributed by atoms with E-state index in [-0.39, 0.29) is 62.8 Å². The van der Waals surface area contributed by atoms with Crippen LogP contribution in [-0.4, -0.2) is 89.7 Å². The minimum Gasteiger partial charge on any atom is -0.497 e. The van der Waals surface area contributed by atoms with Crippen LogP contribution in [0.1, 0.15) is 83.9 Å². The molecular formula is C50H72O11Si. The monoisotopic (exact) mass is 876 g/mol. The number of fused-ring (bicyclic) bond motifs is 2. The molecule has 2 fully saturated rings. The van der Waals surface area contributed by atoms with E-state index in [0.717, 1.165) is 28.7 Å². The van der Waals surface area contributed by atoms with Gasteiger partial charge in [0.05, 0.1) is 58.5 Å². The third-order valence-corrected chi connectivity index (χ3v) is 18.9. The quantitative estimate of drug-likeness (QED) is 0.0626. The van der Waals surface area contributed by atoms with E-state index in [1.807, 2.05) is 99.6 Å². The normalized spacial score (nSPS) is 25.5. The summed E-state index contributed by atoms with van der Waals surface area (Å²) >= 11 is 0. The number of hydrogen-bond acceptors (Lipinski definition) is 11. The molecule has 0 amide bonds. The number of aldehydes is 1. The SMILES string of the molecule is COCO[C@H]1C(=O)[C@H](C)[C@@H]([C@@](COCc2ccc(OC)cc2)(OCc2ccccc2)[C@@H](CC=O)OCc2ccc(OC)cc2)C[C@H](O[Si](C)(C)C(C)(C)C)[C@]2(O)CC[C@H]1C2(C)C. The van der Waals surface area contributed by atoms with Crippen molar-refractivity contribution < 1.29 is 52.3 Å². The van der Waals surface area contributed by atoms with Crippen molar-refractivity contribution in [1.29, 1.82) is 0 Å². The Labute approximate surface area is 371 Å². The first-order valence-electron chi connectivity index (χ1n) is 22.0. The second kappa shape index (κ2) is 21.0. The molecule has 2 saturated carbocycles. The molecule has 12 heteroatoms. The Hall–Kier alpha value is -3.46. The van der Waals surface area contributed by atoms with Gasteiger partial charge in [0.25, 0.3) is 0 Å². The fourth-order valence-corrected chi connectivity index (χ4v) is 10.7. The highest BCUT2D eigenvalue weighted by Crippen LogP contribution is 2.59. The van der Waals surface area contributed by atoms with Gasteiger partial charge in [-0.1, -0.05) is 96.1 Å². The van der Waals surface area contributed by atoms with Crippen LogP contribution in [0.3, 0.4) is 0 Å². The summed E-state index contributed by atoms with van der Waals surface area (Å²) in [6.07, 6.45) is -0.592. The van der Waals surface area contributed by atoms with Gasteiger partial charge in [-0.2, -0.15) is 0 Å². The van der Waals surface area contributed by atoms with Gasteiger partial charge >= 0.3 is 0 Å². The molecule has 2 aliphatic rings. The highest BCUT2D eigenvalue weighted by molar-refractivity contribution is 6.74. The third kappa shape index (κ3) is 10.9. The van der Waals surface area contributed by atoms with Crippen molar-refractivity contribution in [1.82, 2.24) is 0 Å². The van der Waals surface area contributed by atoms with Gasteiger partial charge in [0.1, 0.15) is 36.3 Å². The van der Waals surface area contributed by atoms with Crippen molar-refractivity contribution in [2.75, 3.05) is 34.7 Å². The van der Waals surface area contributed by atoms with E-state index in [1.54, 1.807) is 14.2 Å². The van der Waals surface area contributed by atoms with E-state index in [1.165, 1.54) is 7.11 Å². The lowest BCUT2D eigenvalue weighted by Crippen LogP contribution is -2.62.